The first-order chi connectivity index (χ1) is 7.29. The number of hydrogen-bond acceptors (Lipinski definition) is 3. The van der Waals surface area contributed by atoms with Crippen LogP contribution in [0.5, 0.6) is 0 Å². The molecule has 0 aliphatic carbocycles. The van der Waals surface area contributed by atoms with Crippen LogP contribution >= 0.6 is 0 Å². The molecule has 0 saturated heterocycles. The maximum atomic E-state index is 9.17. The second-order valence-electron chi connectivity index (χ2n) is 3.50. The molecule has 4 heteroatoms. The van der Waals surface area contributed by atoms with Crippen LogP contribution < -0.4 is 5.32 Å². The lowest BCUT2D eigenvalue weighted by Crippen LogP contribution is -2.22. The van der Waals surface area contributed by atoms with Crippen LogP contribution in [-0.2, 0) is 0 Å². The summed E-state index contributed by atoms with van der Waals surface area (Å²) in [5.41, 5.74) is 1.98. The molecule has 4 N–H and O–H groups in total. The number of aliphatic hydroxyl groups excluding tert-OH is 2. The lowest BCUT2D eigenvalue weighted by atomic mass is 10.2. The van der Waals surface area contributed by atoms with Crippen molar-refractivity contribution >= 4 is 16.6 Å². The zero-order chi connectivity index (χ0) is 10.7. The summed E-state index contributed by atoms with van der Waals surface area (Å²) in [6, 6.07) is 7.92. The maximum absolute atomic E-state index is 9.17. The second-order valence-corrected chi connectivity index (χ2v) is 3.50. The second kappa shape index (κ2) is 4.33. The van der Waals surface area contributed by atoms with Crippen molar-refractivity contribution in [1.82, 2.24) is 4.98 Å². The highest BCUT2D eigenvalue weighted by atomic mass is 16.3. The molecular formula is C11H14N2O2. The highest BCUT2D eigenvalue weighted by Crippen LogP contribution is 2.17. The molecule has 1 unspecified atom stereocenters. The monoisotopic (exact) mass is 206 g/mol. The van der Waals surface area contributed by atoms with Crippen LogP contribution in [0.4, 0.5) is 5.69 Å². The number of rotatable bonds is 4. The molecule has 1 aromatic heterocycles. The van der Waals surface area contributed by atoms with Gasteiger partial charge in [0.1, 0.15) is 0 Å². The fraction of sp³-hybridized carbons (Fsp3) is 0.273. The van der Waals surface area contributed by atoms with E-state index in [9.17, 15) is 5.11 Å². The van der Waals surface area contributed by atoms with Crippen molar-refractivity contribution in [3.8, 4) is 0 Å². The van der Waals surface area contributed by atoms with Crippen molar-refractivity contribution in [1.29, 1.82) is 0 Å². The molecule has 2 aromatic rings. The minimum atomic E-state index is -0.718. The fourth-order valence-electron chi connectivity index (χ4n) is 1.46. The van der Waals surface area contributed by atoms with Gasteiger partial charge in [-0.2, -0.15) is 0 Å². The third kappa shape index (κ3) is 2.29. The zero-order valence-corrected chi connectivity index (χ0v) is 8.27. The summed E-state index contributed by atoms with van der Waals surface area (Å²) in [6.45, 7) is 0.125. The van der Waals surface area contributed by atoms with Gasteiger partial charge in [0, 0.05) is 23.9 Å². The largest absolute Gasteiger partial charge is 0.394 e. The standard InChI is InChI=1S/C11H14N2O2/c14-7-10(15)6-13-9-2-1-8-3-4-12-11(8)5-9/h1-5,10,12-15H,6-7H2. The van der Waals surface area contributed by atoms with E-state index in [1.54, 1.807) is 0 Å². The van der Waals surface area contributed by atoms with E-state index in [2.05, 4.69) is 10.3 Å². The van der Waals surface area contributed by atoms with Gasteiger partial charge in [0.15, 0.2) is 0 Å². The highest BCUT2D eigenvalue weighted by molar-refractivity contribution is 5.82. The Labute approximate surface area is 87.6 Å². The molecule has 0 spiro atoms. The van der Waals surface area contributed by atoms with Gasteiger partial charge in [0.05, 0.1) is 12.7 Å². The first-order valence-electron chi connectivity index (χ1n) is 4.89. The van der Waals surface area contributed by atoms with Gasteiger partial charge >= 0.3 is 0 Å². The van der Waals surface area contributed by atoms with Gasteiger partial charge in [0.2, 0.25) is 0 Å². The van der Waals surface area contributed by atoms with Crippen LogP contribution in [0, 0.1) is 0 Å². The van der Waals surface area contributed by atoms with E-state index in [0.717, 1.165) is 16.6 Å². The number of H-pyrrole nitrogens is 1. The molecule has 0 aliphatic heterocycles. The van der Waals surface area contributed by atoms with Gasteiger partial charge in [-0.3, -0.25) is 0 Å². The summed E-state index contributed by atoms with van der Waals surface area (Å²) in [5.74, 6) is 0. The molecule has 1 aromatic carbocycles. The smallest absolute Gasteiger partial charge is 0.0942 e. The molecule has 15 heavy (non-hydrogen) atoms. The van der Waals surface area contributed by atoms with E-state index in [0.29, 0.717) is 6.54 Å². The van der Waals surface area contributed by atoms with Crippen molar-refractivity contribution in [2.75, 3.05) is 18.5 Å². The molecule has 1 atom stereocenters. The van der Waals surface area contributed by atoms with E-state index in [4.69, 9.17) is 5.11 Å². The van der Waals surface area contributed by atoms with Crippen molar-refractivity contribution in [3.63, 3.8) is 0 Å². The lowest BCUT2D eigenvalue weighted by Gasteiger charge is -2.09. The number of aromatic nitrogens is 1. The summed E-state index contributed by atoms with van der Waals surface area (Å²) >= 11 is 0. The fourth-order valence-corrected chi connectivity index (χ4v) is 1.46. The number of anilines is 1. The molecule has 0 amide bonds. The average Bonchev–Trinajstić information content (AvgIpc) is 2.72. The Kier molecular flexibility index (Phi) is 2.89. The third-order valence-corrected chi connectivity index (χ3v) is 2.31. The van der Waals surface area contributed by atoms with Crippen molar-refractivity contribution < 1.29 is 10.2 Å². The molecule has 80 valence electrons. The van der Waals surface area contributed by atoms with Gasteiger partial charge in [0.25, 0.3) is 0 Å². The van der Waals surface area contributed by atoms with Crippen LogP contribution in [0.1, 0.15) is 0 Å². The summed E-state index contributed by atoms with van der Waals surface area (Å²) in [7, 11) is 0. The summed E-state index contributed by atoms with van der Waals surface area (Å²) in [5, 5.41) is 22.0. The Morgan fingerprint density at radius 1 is 1.33 bits per heavy atom. The van der Waals surface area contributed by atoms with Gasteiger partial charge in [-0.05, 0) is 23.6 Å². The molecule has 0 fully saturated rings. The van der Waals surface area contributed by atoms with E-state index < -0.39 is 6.10 Å². The van der Waals surface area contributed by atoms with Crippen molar-refractivity contribution in [2.45, 2.75) is 6.10 Å². The maximum Gasteiger partial charge on any atom is 0.0942 e. The normalized spacial score (nSPS) is 12.9. The summed E-state index contributed by atoms with van der Waals surface area (Å²) in [4.78, 5) is 3.11. The number of hydrogen-bond donors (Lipinski definition) is 4. The molecule has 0 aliphatic rings. The third-order valence-electron chi connectivity index (χ3n) is 2.31. The summed E-state index contributed by atoms with van der Waals surface area (Å²) < 4.78 is 0. The van der Waals surface area contributed by atoms with Gasteiger partial charge < -0.3 is 20.5 Å². The highest BCUT2D eigenvalue weighted by Gasteiger charge is 2.01. The molecule has 0 saturated carbocycles. The van der Waals surface area contributed by atoms with E-state index in [1.807, 2.05) is 30.5 Å². The van der Waals surface area contributed by atoms with Crippen molar-refractivity contribution in [3.05, 3.63) is 30.5 Å². The Hall–Kier alpha value is -1.52. The zero-order valence-electron chi connectivity index (χ0n) is 8.27. The van der Waals surface area contributed by atoms with Gasteiger partial charge in [-0.15, -0.1) is 0 Å². The van der Waals surface area contributed by atoms with E-state index in [-0.39, 0.29) is 6.61 Å². The number of aromatic amines is 1. The van der Waals surface area contributed by atoms with Gasteiger partial charge in [-0.25, -0.2) is 0 Å². The quantitative estimate of drug-likeness (QED) is 0.601. The first kappa shape index (κ1) is 10.0. The predicted molar refractivity (Wildman–Crippen MR) is 59.9 cm³/mol. The average molecular weight is 206 g/mol. The Balaban J connectivity index is 2.08. The Bertz CT molecular complexity index is 439. The van der Waals surface area contributed by atoms with Crippen LogP contribution in [-0.4, -0.2) is 34.5 Å². The van der Waals surface area contributed by atoms with E-state index >= 15 is 0 Å². The number of aliphatic hydroxyl groups is 2. The van der Waals surface area contributed by atoms with Crippen LogP contribution in [0.25, 0.3) is 10.9 Å². The Morgan fingerprint density at radius 2 is 2.20 bits per heavy atom. The number of benzene rings is 1. The minimum Gasteiger partial charge on any atom is -0.394 e. The molecule has 4 nitrogen and oxygen atoms in total. The minimum absolute atomic E-state index is 0.224. The van der Waals surface area contributed by atoms with Crippen LogP contribution in [0.15, 0.2) is 30.5 Å². The SMILES string of the molecule is OCC(O)CNc1ccc2cc[nH]c2c1. The molecule has 0 bridgehead atoms. The molecule has 1 heterocycles. The summed E-state index contributed by atoms with van der Waals surface area (Å²) in [6.07, 6.45) is 1.17. The topological polar surface area (TPSA) is 68.3 Å². The number of fused-ring (bicyclic) bond motifs is 1. The van der Waals surface area contributed by atoms with Crippen LogP contribution in [0.2, 0.25) is 0 Å². The first-order valence-corrected chi connectivity index (χ1v) is 4.89. The van der Waals surface area contributed by atoms with Crippen LogP contribution in [0.3, 0.4) is 0 Å². The lowest BCUT2D eigenvalue weighted by molar-refractivity contribution is 0.105. The molecule has 0 radical (unpaired) electrons. The van der Waals surface area contributed by atoms with E-state index in [1.165, 1.54) is 0 Å². The van der Waals surface area contributed by atoms with Gasteiger partial charge in [-0.1, -0.05) is 6.07 Å². The Morgan fingerprint density at radius 3 is 3.00 bits per heavy atom. The predicted octanol–water partition coefficient (Wildman–Crippen LogP) is 0.933. The number of nitrogens with one attached hydrogen (secondary N) is 2. The molecule has 2 rings (SSSR count). The molecular weight excluding hydrogens is 192 g/mol. The van der Waals surface area contributed by atoms with Crippen molar-refractivity contribution in [2.24, 2.45) is 0 Å².